The van der Waals surface area contributed by atoms with Crippen molar-refractivity contribution in [2.24, 2.45) is 11.7 Å². The fourth-order valence-electron chi connectivity index (χ4n) is 3.14. The zero-order valence-electron chi connectivity index (χ0n) is 12.5. The molecule has 1 aliphatic carbocycles. The predicted octanol–water partition coefficient (Wildman–Crippen LogP) is 2.61. The van der Waals surface area contributed by atoms with E-state index in [0.29, 0.717) is 19.6 Å². The van der Waals surface area contributed by atoms with Gasteiger partial charge in [0, 0.05) is 13.2 Å². The average molecular weight is 291 g/mol. The molecular formula is C17H25NO3. The molecule has 0 aliphatic heterocycles. The smallest absolute Gasteiger partial charge is 0.323 e. The summed E-state index contributed by atoms with van der Waals surface area (Å²) in [6, 6.07) is 10.3. The maximum Gasteiger partial charge on any atom is 0.323 e. The minimum atomic E-state index is -1.03. The number of hydrogen-bond acceptors (Lipinski definition) is 3. The SMILES string of the molecule is NC1(C(=O)O)CCCC1CCOCCCc1ccccc1. The van der Waals surface area contributed by atoms with Crippen molar-refractivity contribution in [3.05, 3.63) is 35.9 Å². The zero-order valence-corrected chi connectivity index (χ0v) is 12.5. The summed E-state index contributed by atoms with van der Waals surface area (Å²) in [6.07, 6.45) is 5.13. The lowest BCUT2D eigenvalue weighted by Gasteiger charge is -2.26. The monoisotopic (exact) mass is 291 g/mol. The fourth-order valence-corrected chi connectivity index (χ4v) is 3.14. The summed E-state index contributed by atoms with van der Waals surface area (Å²) in [7, 11) is 0. The molecule has 0 radical (unpaired) electrons. The van der Waals surface area contributed by atoms with Gasteiger partial charge in [-0.3, -0.25) is 4.79 Å². The Hall–Kier alpha value is -1.39. The first-order valence-electron chi connectivity index (χ1n) is 7.77. The molecule has 1 aromatic carbocycles. The van der Waals surface area contributed by atoms with E-state index in [1.165, 1.54) is 5.56 Å². The molecule has 21 heavy (non-hydrogen) atoms. The van der Waals surface area contributed by atoms with Crippen molar-refractivity contribution in [1.82, 2.24) is 0 Å². The molecule has 4 heteroatoms. The van der Waals surface area contributed by atoms with Crippen LogP contribution in [0.4, 0.5) is 0 Å². The Morgan fingerprint density at radius 2 is 2.10 bits per heavy atom. The van der Waals surface area contributed by atoms with Gasteiger partial charge in [-0.15, -0.1) is 0 Å². The van der Waals surface area contributed by atoms with Gasteiger partial charge in [0.1, 0.15) is 5.54 Å². The second kappa shape index (κ2) is 7.57. The highest BCUT2D eigenvalue weighted by Gasteiger charge is 2.45. The molecule has 1 saturated carbocycles. The number of carbonyl (C=O) groups is 1. The van der Waals surface area contributed by atoms with Crippen LogP contribution in [0.25, 0.3) is 0 Å². The molecule has 0 spiro atoms. The van der Waals surface area contributed by atoms with Crippen molar-refractivity contribution in [1.29, 1.82) is 0 Å². The van der Waals surface area contributed by atoms with Gasteiger partial charge in [0.05, 0.1) is 0 Å². The molecule has 4 nitrogen and oxygen atoms in total. The molecule has 116 valence electrons. The van der Waals surface area contributed by atoms with Crippen molar-refractivity contribution in [3.63, 3.8) is 0 Å². The van der Waals surface area contributed by atoms with Gasteiger partial charge in [0.15, 0.2) is 0 Å². The fraction of sp³-hybridized carbons (Fsp3) is 0.588. The number of rotatable bonds is 8. The van der Waals surface area contributed by atoms with Crippen LogP contribution in [0.2, 0.25) is 0 Å². The van der Waals surface area contributed by atoms with E-state index < -0.39 is 11.5 Å². The second-order valence-electron chi connectivity index (χ2n) is 5.92. The molecule has 0 amide bonds. The van der Waals surface area contributed by atoms with Crippen LogP contribution in [-0.4, -0.2) is 29.8 Å². The number of carboxylic acids is 1. The molecule has 1 aromatic rings. The molecule has 0 saturated heterocycles. The summed E-state index contributed by atoms with van der Waals surface area (Å²) < 4.78 is 5.64. The first-order valence-corrected chi connectivity index (χ1v) is 7.77. The lowest BCUT2D eigenvalue weighted by atomic mass is 9.86. The summed E-state index contributed by atoms with van der Waals surface area (Å²) in [5.74, 6) is -0.821. The quantitative estimate of drug-likeness (QED) is 0.722. The summed E-state index contributed by atoms with van der Waals surface area (Å²) in [5, 5.41) is 9.24. The molecule has 0 heterocycles. The van der Waals surface area contributed by atoms with Crippen LogP contribution in [0.15, 0.2) is 30.3 Å². The van der Waals surface area contributed by atoms with E-state index >= 15 is 0 Å². The van der Waals surface area contributed by atoms with Gasteiger partial charge in [0.25, 0.3) is 0 Å². The third kappa shape index (κ3) is 4.29. The zero-order chi connectivity index (χ0) is 15.1. The Labute approximate surface area is 126 Å². The van der Waals surface area contributed by atoms with Crippen LogP contribution in [-0.2, 0) is 16.0 Å². The highest BCUT2D eigenvalue weighted by Crippen LogP contribution is 2.36. The third-order valence-electron chi connectivity index (χ3n) is 4.48. The van der Waals surface area contributed by atoms with Gasteiger partial charge in [-0.25, -0.2) is 0 Å². The van der Waals surface area contributed by atoms with E-state index in [2.05, 4.69) is 12.1 Å². The normalized spacial score (nSPS) is 25.1. The Bertz CT molecular complexity index is 449. The Morgan fingerprint density at radius 3 is 2.81 bits per heavy atom. The van der Waals surface area contributed by atoms with Gasteiger partial charge in [0.2, 0.25) is 0 Å². The standard InChI is InChI=1S/C17H25NO3/c18-17(16(19)20)11-4-9-15(17)10-13-21-12-5-8-14-6-2-1-3-7-14/h1-3,6-7,15H,4-5,8-13,18H2,(H,19,20). The first kappa shape index (κ1) is 16.0. The highest BCUT2D eigenvalue weighted by atomic mass is 16.5. The highest BCUT2D eigenvalue weighted by molar-refractivity contribution is 5.79. The van der Waals surface area contributed by atoms with Crippen molar-refractivity contribution in [3.8, 4) is 0 Å². The topological polar surface area (TPSA) is 72.6 Å². The van der Waals surface area contributed by atoms with Gasteiger partial charge in [-0.05, 0) is 43.6 Å². The molecule has 2 rings (SSSR count). The number of aliphatic carboxylic acids is 1. The van der Waals surface area contributed by atoms with Gasteiger partial charge in [-0.1, -0.05) is 36.8 Å². The average Bonchev–Trinajstić information content (AvgIpc) is 2.86. The second-order valence-corrected chi connectivity index (χ2v) is 5.92. The predicted molar refractivity (Wildman–Crippen MR) is 82.1 cm³/mol. The molecule has 1 fully saturated rings. The molecular weight excluding hydrogens is 266 g/mol. The van der Waals surface area contributed by atoms with E-state index in [-0.39, 0.29) is 5.92 Å². The summed E-state index contributed by atoms with van der Waals surface area (Å²) in [5.41, 5.74) is 6.30. The maximum absolute atomic E-state index is 11.3. The van der Waals surface area contributed by atoms with E-state index in [0.717, 1.165) is 32.1 Å². The Kier molecular flexibility index (Phi) is 5.76. The number of nitrogens with two attached hydrogens (primary N) is 1. The maximum atomic E-state index is 11.3. The third-order valence-corrected chi connectivity index (χ3v) is 4.48. The Balaban J connectivity index is 1.61. The van der Waals surface area contributed by atoms with Crippen molar-refractivity contribution < 1.29 is 14.6 Å². The summed E-state index contributed by atoms with van der Waals surface area (Å²) in [4.78, 5) is 11.3. The van der Waals surface area contributed by atoms with Crippen LogP contribution < -0.4 is 5.73 Å². The van der Waals surface area contributed by atoms with Crippen molar-refractivity contribution in [2.45, 2.75) is 44.1 Å². The number of ether oxygens (including phenoxy) is 1. The van der Waals surface area contributed by atoms with Crippen LogP contribution in [0.1, 0.15) is 37.7 Å². The first-order chi connectivity index (χ1) is 10.1. The lowest BCUT2D eigenvalue weighted by molar-refractivity contribution is -0.145. The number of aryl methyl sites for hydroxylation is 1. The van der Waals surface area contributed by atoms with E-state index in [1.54, 1.807) is 0 Å². The molecule has 2 unspecified atom stereocenters. The van der Waals surface area contributed by atoms with E-state index in [4.69, 9.17) is 10.5 Å². The van der Waals surface area contributed by atoms with E-state index in [9.17, 15) is 9.90 Å². The minimum Gasteiger partial charge on any atom is -0.480 e. The Morgan fingerprint density at radius 1 is 1.33 bits per heavy atom. The van der Waals surface area contributed by atoms with E-state index in [1.807, 2.05) is 18.2 Å². The number of benzene rings is 1. The summed E-state index contributed by atoms with van der Waals surface area (Å²) in [6.45, 7) is 1.32. The van der Waals surface area contributed by atoms with Crippen molar-refractivity contribution >= 4 is 5.97 Å². The molecule has 0 bridgehead atoms. The number of hydrogen-bond donors (Lipinski definition) is 2. The van der Waals surface area contributed by atoms with Crippen LogP contribution in [0.5, 0.6) is 0 Å². The minimum absolute atomic E-state index is 0.0455. The lowest BCUT2D eigenvalue weighted by Crippen LogP contribution is -2.51. The largest absolute Gasteiger partial charge is 0.480 e. The molecule has 3 N–H and O–H groups in total. The van der Waals surface area contributed by atoms with Gasteiger partial charge < -0.3 is 15.6 Å². The number of carboxylic acid groups (broad SMARTS) is 1. The van der Waals surface area contributed by atoms with Crippen LogP contribution >= 0.6 is 0 Å². The van der Waals surface area contributed by atoms with Crippen molar-refractivity contribution in [2.75, 3.05) is 13.2 Å². The molecule has 1 aliphatic rings. The van der Waals surface area contributed by atoms with Gasteiger partial charge >= 0.3 is 5.97 Å². The van der Waals surface area contributed by atoms with Crippen LogP contribution in [0.3, 0.4) is 0 Å². The molecule has 0 aromatic heterocycles. The van der Waals surface area contributed by atoms with Gasteiger partial charge in [-0.2, -0.15) is 0 Å². The van der Waals surface area contributed by atoms with Crippen LogP contribution in [0, 0.1) is 5.92 Å². The summed E-state index contributed by atoms with van der Waals surface area (Å²) >= 11 is 0. The molecule has 2 atom stereocenters.